The highest BCUT2D eigenvalue weighted by Crippen LogP contribution is 2.45. The average Bonchev–Trinajstić information content (AvgIpc) is 3.31. The predicted molar refractivity (Wildman–Crippen MR) is 89.8 cm³/mol. The average molecular weight is 304 g/mol. The third-order valence-electron chi connectivity index (χ3n) is 5.31. The van der Waals surface area contributed by atoms with Crippen molar-refractivity contribution in [2.75, 3.05) is 0 Å². The number of nitrogens with one attached hydrogen (secondary N) is 2. The van der Waals surface area contributed by atoms with Crippen molar-refractivity contribution in [2.24, 2.45) is 0 Å². The number of ether oxygens (including phenoxy) is 1. The van der Waals surface area contributed by atoms with Crippen molar-refractivity contribution in [3.63, 3.8) is 0 Å². The largest absolute Gasteiger partial charge is 0.363 e. The molecule has 3 aliphatic rings. The van der Waals surface area contributed by atoms with Crippen LogP contribution in [0.2, 0.25) is 0 Å². The smallest absolute Gasteiger partial charge is 0.108 e. The molecule has 23 heavy (non-hydrogen) atoms. The summed E-state index contributed by atoms with van der Waals surface area (Å²) < 4.78 is 6.04. The molecule has 2 aromatic rings. The minimum absolute atomic E-state index is 0.118. The lowest BCUT2D eigenvalue weighted by Gasteiger charge is -2.30. The zero-order valence-corrected chi connectivity index (χ0v) is 12.9. The van der Waals surface area contributed by atoms with Crippen molar-refractivity contribution in [3.05, 3.63) is 83.9 Å². The van der Waals surface area contributed by atoms with Gasteiger partial charge in [-0.1, -0.05) is 72.8 Å². The number of fused-ring (bicyclic) bond motifs is 3. The van der Waals surface area contributed by atoms with Crippen molar-refractivity contribution in [2.45, 2.75) is 36.4 Å². The number of benzene rings is 2. The third-order valence-corrected chi connectivity index (χ3v) is 5.31. The second-order valence-corrected chi connectivity index (χ2v) is 6.72. The van der Waals surface area contributed by atoms with Gasteiger partial charge in [0.1, 0.15) is 11.8 Å². The van der Waals surface area contributed by atoms with Crippen LogP contribution in [0.5, 0.6) is 0 Å². The van der Waals surface area contributed by atoms with Gasteiger partial charge in [-0.2, -0.15) is 0 Å². The van der Waals surface area contributed by atoms with Gasteiger partial charge >= 0.3 is 0 Å². The highest BCUT2D eigenvalue weighted by molar-refractivity contribution is 5.34. The topological polar surface area (TPSA) is 33.3 Å². The van der Waals surface area contributed by atoms with E-state index >= 15 is 0 Å². The Balaban J connectivity index is 1.56. The van der Waals surface area contributed by atoms with Crippen molar-refractivity contribution in [1.29, 1.82) is 0 Å². The Morgan fingerprint density at radius 3 is 1.78 bits per heavy atom. The van der Waals surface area contributed by atoms with Gasteiger partial charge in [-0.05, 0) is 11.1 Å². The van der Waals surface area contributed by atoms with Crippen molar-refractivity contribution in [1.82, 2.24) is 10.6 Å². The maximum atomic E-state index is 6.04. The lowest BCUT2D eigenvalue weighted by atomic mass is 9.95. The van der Waals surface area contributed by atoms with Crippen LogP contribution in [0.25, 0.3) is 0 Å². The molecule has 2 fully saturated rings. The summed E-state index contributed by atoms with van der Waals surface area (Å²) in [7, 11) is 0. The monoisotopic (exact) mass is 304 g/mol. The molecule has 1 spiro atoms. The van der Waals surface area contributed by atoms with E-state index in [0.717, 1.165) is 6.42 Å². The number of rotatable bonds is 2. The van der Waals surface area contributed by atoms with Crippen LogP contribution in [0.3, 0.4) is 0 Å². The standard InChI is InChI=1S/C20H20N2O/c1-3-7-14(8-4-1)18-19(15-9-5-2-6-10-15)22-20(21-18)13-16-11-12-17(20)23-16/h1-12,16-19,21-22H,13H2/t16-,17+,18-,19-/m1/s1. The molecule has 0 aliphatic carbocycles. The van der Waals surface area contributed by atoms with Crippen LogP contribution < -0.4 is 10.6 Å². The van der Waals surface area contributed by atoms with Crippen molar-refractivity contribution >= 4 is 0 Å². The Hall–Kier alpha value is -1.94. The summed E-state index contributed by atoms with van der Waals surface area (Å²) >= 11 is 0. The summed E-state index contributed by atoms with van der Waals surface area (Å²) in [5, 5.41) is 7.75. The molecule has 2 N–H and O–H groups in total. The van der Waals surface area contributed by atoms with Crippen LogP contribution in [-0.2, 0) is 4.74 Å². The summed E-state index contributed by atoms with van der Waals surface area (Å²) in [6.07, 6.45) is 5.73. The molecule has 0 amide bonds. The van der Waals surface area contributed by atoms with Crippen LogP contribution in [0.15, 0.2) is 72.8 Å². The maximum Gasteiger partial charge on any atom is 0.108 e. The molecule has 116 valence electrons. The number of hydrogen-bond donors (Lipinski definition) is 2. The molecule has 0 saturated carbocycles. The van der Waals surface area contributed by atoms with E-state index in [-0.39, 0.29) is 30.0 Å². The fraction of sp³-hybridized carbons (Fsp3) is 0.300. The molecule has 2 aromatic carbocycles. The van der Waals surface area contributed by atoms with E-state index in [1.54, 1.807) is 0 Å². The van der Waals surface area contributed by atoms with E-state index in [1.165, 1.54) is 11.1 Å². The van der Waals surface area contributed by atoms with Crippen molar-refractivity contribution < 1.29 is 4.74 Å². The maximum absolute atomic E-state index is 6.04. The quantitative estimate of drug-likeness (QED) is 0.837. The Morgan fingerprint density at radius 2 is 1.35 bits per heavy atom. The first kappa shape index (κ1) is 13.5. The van der Waals surface area contributed by atoms with Crippen LogP contribution in [-0.4, -0.2) is 17.9 Å². The molecule has 3 aliphatic heterocycles. The molecule has 3 heterocycles. The lowest BCUT2D eigenvalue weighted by Crippen LogP contribution is -2.55. The molecular formula is C20H20N2O. The SMILES string of the molecule is C1=C[C@@H]2O[C@H]1CC21N[C@H](c2ccccc2)[C@@H](c2ccccc2)N1. The van der Waals surface area contributed by atoms with E-state index < -0.39 is 0 Å². The summed E-state index contributed by atoms with van der Waals surface area (Å²) in [4.78, 5) is 0. The molecule has 3 heteroatoms. The van der Waals surface area contributed by atoms with E-state index in [2.05, 4.69) is 83.4 Å². The molecule has 2 saturated heterocycles. The predicted octanol–water partition coefficient (Wildman–Crippen LogP) is 3.09. The first-order valence-electron chi connectivity index (χ1n) is 8.33. The summed E-state index contributed by atoms with van der Waals surface area (Å²) in [6.45, 7) is 0. The summed E-state index contributed by atoms with van der Waals surface area (Å²) in [6, 6.07) is 21.9. The molecule has 0 unspecified atom stereocenters. The van der Waals surface area contributed by atoms with E-state index in [1.807, 2.05) is 0 Å². The number of hydrogen-bond acceptors (Lipinski definition) is 3. The van der Waals surface area contributed by atoms with E-state index in [0.29, 0.717) is 0 Å². The molecule has 2 bridgehead atoms. The van der Waals surface area contributed by atoms with Gasteiger partial charge in [0, 0.05) is 6.42 Å². The Bertz CT molecular complexity index is 680. The van der Waals surface area contributed by atoms with Crippen LogP contribution in [0, 0.1) is 0 Å². The second-order valence-electron chi connectivity index (χ2n) is 6.72. The zero-order chi connectivity index (χ0) is 15.3. The van der Waals surface area contributed by atoms with E-state index in [9.17, 15) is 0 Å². The third kappa shape index (κ3) is 2.08. The highest BCUT2D eigenvalue weighted by atomic mass is 16.5. The van der Waals surface area contributed by atoms with Gasteiger partial charge in [0.25, 0.3) is 0 Å². The molecule has 0 aromatic heterocycles. The molecule has 4 atom stereocenters. The van der Waals surface area contributed by atoms with Gasteiger partial charge < -0.3 is 4.74 Å². The Labute approximate surface area is 136 Å². The van der Waals surface area contributed by atoms with Gasteiger partial charge in [0.15, 0.2) is 0 Å². The minimum atomic E-state index is -0.152. The van der Waals surface area contributed by atoms with E-state index in [4.69, 9.17) is 4.74 Å². The molecular weight excluding hydrogens is 284 g/mol. The first-order valence-corrected chi connectivity index (χ1v) is 8.33. The Kier molecular flexibility index (Phi) is 2.95. The van der Waals surface area contributed by atoms with Gasteiger partial charge in [0.05, 0.1) is 18.2 Å². The van der Waals surface area contributed by atoms with Crippen LogP contribution >= 0.6 is 0 Å². The fourth-order valence-electron chi connectivity index (χ4n) is 4.25. The van der Waals surface area contributed by atoms with Crippen molar-refractivity contribution in [3.8, 4) is 0 Å². The normalized spacial score (nSPS) is 33.6. The fourth-order valence-corrected chi connectivity index (χ4v) is 4.25. The zero-order valence-electron chi connectivity index (χ0n) is 12.9. The van der Waals surface area contributed by atoms with Gasteiger partial charge in [-0.15, -0.1) is 0 Å². The summed E-state index contributed by atoms with van der Waals surface area (Å²) in [5.74, 6) is 0. The highest BCUT2D eigenvalue weighted by Gasteiger charge is 2.56. The Morgan fingerprint density at radius 1 is 0.783 bits per heavy atom. The first-order chi connectivity index (χ1) is 11.3. The van der Waals surface area contributed by atoms with Gasteiger partial charge in [0.2, 0.25) is 0 Å². The molecule has 5 rings (SSSR count). The van der Waals surface area contributed by atoms with Crippen LogP contribution in [0.4, 0.5) is 0 Å². The van der Waals surface area contributed by atoms with Gasteiger partial charge in [-0.3, -0.25) is 10.6 Å². The van der Waals surface area contributed by atoms with Gasteiger partial charge in [-0.25, -0.2) is 0 Å². The van der Waals surface area contributed by atoms with Crippen LogP contribution in [0.1, 0.15) is 29.6 Å². The minimum Gasteiger partial charge on any atom is -0.363 e. The molecule has 0 radical (unpaired) electrons. The second kappa shape index (κ2) is 5.03. The molecule has 3 nitrogen and oxygen atoms in total. The summed E-state index contributed by atoms with van der Waals surface area (Å²) in [5.41, 5.74) is 2.48. The lowest BCUT2D eigenvalue weighted by molar-refractivity contribution is 0.0906.